The van der Waals surface area contributed by atoms with E-state index in [9.17, 15) is 4.79 Å². The van der Waals surface area contributed by atoms with E-state index >= 15 is 0 Å². The van der Waals surface area contributed by atoms with Crippen molar-refractivity contribution >= 4 is 5.91 Å². The van der Waals surface area contributed by atoms with E-state index in [4.69, 9.17) is 0 Å². The molecular weight excluding hydrogens is 324 g/mol. The van der Waals surface area contributed by atoms with Crippen LogP contribution in [-0.4, -0.2) is 34.9 Å². The van der Waals surface area contributed by atoms with Crippen LogP contribution in [0.4, 0.5) is 0 Å². The number of benzene rings is 1. The molecule has 26 heavy (non-hydrogen) atoms. The highest BCUT2D eigenvalue weighted by atomic mass is 16.1. The van der Waals surface area contributed by atoms with Gasteiger partial charge in [-0.25, -0.2) is 0 Å². The second-order valence-electron chi connectivity index (χ2n) is 6.38. The molecule has 5 heteroatoms. The van der Waals surface area contributed by atoms with Gasteiger partial charge in [-0.2, -0.15) is 0 Å². The first-order valence-electron chi connectivity index (χ1n) is 8.49. The Balaban J connectivity index is 1.83. The van der Waals surface area contributed by atoms with Gasteiger partial charge in [0.1, 0.15) is 5.69 Å². The minimum atomic E-state index is -0.185. The SMILES string of the molecule is CN(C)Cc1cccc(-c2cccnc2C(=O)NCc2ccncc2)c1. The summed E-state index contributed by atoms with van der Waals surface area (Å²) < 4.78 is 0. The first-order chi connectivity index (χ1) is 12.6. The largest absolute Gasteiger partial charge is 0.347 e. The minimum Gasteiger partial charge on any atom is -0.347 e. The summed E-state index contributed by atoms with van der Waals surface area (Å²) in [6.45, 7) is 1.29. The van der Waals surface area contributed by atoms with Gasteiger partial charge >= 0.3 is 0 Å². The third-order valence-electron chi connectivity index (χ3n) is 3.96. The molecule has 1 amide bonds. The number of aromatic nitrogens is 2. The van der Waals surface area contributed by atoms with Crippen molar-refractivity contribution in [3.63, 3.8) is 0 Å². The van der Waals surface area contributed by atoms with Crippen LogP contribution in [0.25, 0.3) is 11.1 Å². The summed E-state index contributed by atoms with van der Waals surface area (Å²) in [7, 11) is 4.07. The zero-order chi connectivity index (χ0) is 18.4. The minimum absolute atomic E-state index is 0.185. The molecule has 0 aliphatic heterocycles. The van der Waals surface area contributed by atoms with Gasteiger partial charge in [0.25, 0.3) is 5.91 Å². The summed E-state index contributed by atoms with van der Waals surface area (Å²) in [5.74, 6) is -0.185. The molecule has 2 heterocycles. The fourth-order valence-corrected chi connectivity index (χ4v) is 2.79. The van der Waals surface area contributed by atoms with Crippen molar-refractivity contribution in [1.29, 1.82) is 0 Å². The maximum Gasteiger partial charge on any atom is 0.270 e. The van der Waals surface area contributed by atoms with Crippen molar-refractivity contribution in [3.8, 4) is 11.1 Å². The Morgan fingerprint density at radius 2 is 1.81 bits per heavy atom. The van der Waals surface area contributed by atoms with Crippen molar-refractivity contribution in [2.45, 2.75) is 13.1 Å². The third kappa shape index (κ3) is 4.52. The molecular formula is C21H22N4O. The van der Waals surface area contributed by atoms with Crippen molar-refractivity contribution in [3.05, 3.63) is 83.9 Å². The van der Waals surface area contributed by atoms with E-state index in [1.165, 1.54) is 5.56 Å². The van der Waals surface area contributed by atoms with E-state index in [2.05, 4.69) is 32.3 Å². The van der Waals surface area contributed by atoms with Gasteiger partial charge in [0.2, 0.25) is 0 Å². The summed E-state index contributed by atoms with van der Waals surface area (Å²) in [5.41, 5.74) is 4.45. The number of amides is 1. The van der Waals surface area contributed by atoms with E-state index in [-0.39, 0.29) is 5.91 Å². The third-order valence-corrected chi connectivity index (χ3v) is 3.96. The van der Waals surface area contributed by atoms with E-state index in [0.717, 1.165) is 23.2 Å². The van der Waals surface area contributed by atoms with Crippen LogP contribution >= 0.6 is 0 Å². The smallest absolute Gasteiger partial charge is 0.270 e. The van der Waals surface area contributed by atoms with Crippen LogP contribution in [0, 0.1) is 0 Å². The number of rotatable bonds is 6. The Labute approximate surface area is 153 Å². The quantitative estimate of drug-likeness (QED) is 0.745. The molecule has 2 aromatic heterocycles. The maximum atomic E-state index is 12.7. The zero-order valence-corrected chi connectivity index (χ0v) is 15.0. The maximum absolute atomic E-state index is 12.7. The van der Waals surface area contributed by atoms with E-state index < -0.39 is 0 Å². The normalized spacial score (nSPS) is 10.7. The van der Waals surface area contributed by atoms with Gasteiger partial charge in [0, 0.05) is 37.2 Å². The molecule has 0 aliphatic carbocycles. The average molecular weight is 346 g/mol. The van der Waals surface area contributed by atoms with Crippen LogP contribution < -0.4 is 5.32 Å². The second kappa shape index (κ2) is 8.36. The van der Waals surface area contributed by atoms with Gasteiger partial charge in [-0.1, -0.05) is 24.3 Å². The highest BCUT2D eigenvalue weighted by molar-refractivity contribution is 5.98. The van der Waals surface area contributed by atoms with Crippen LogP contribution in [0.15, 0.2) is 67.1 Å². The molecule has 1 aromatic carbocycles. The molecule has 5 nitrogen and oxygen atoms in total. The van der Waals surface area contributed by atoms with Gasteiger partial charge in [-0.15, -0.1) is 0 Å². The van der Waals surface area contributed by atoms with E-state index in [1.807, 2.05) is 50.5 Å². The number of carbonyl (C=O) groups is 1. The molecule has 0 atom stereocenters. The summed E-state index contributed by atoms with van der Waals surface area (Å²) in [6.07, 6.45) is 5.07. The summed E-state index contributed by atoms with van der Waals surface area (Å²) in [6, 6.07) is 15.8. The van der Waals surface area contributed by atoms with Crippen LogP contribution in [0.5, 0.6) is 0 Å². The molecule has 0 unspecified atom stereocenters. The Morgan fingerprint density at radius 3 is 2.58 bits per heavy atom. The van der Waals surface area contributed by atoms with Gasteiger partial charge in [-0.05, 0) is 55.1 Å². The van der Waals surface area contributed by atoms with Gasteiger partial charge in [0.15, 0.2) is 0 Å². The lowest BCUT2D eigenvalue weighted by molar-refractivity contribution is 0.0946. The molecule has 0 saturated heterocycles. The first-order valence-corrected chi connectivity index (χ1v) is 8.49. The van der Waals surface area contributed by atoms with E-state index in [1.54, 1.807) is 18.6 Å². The molecule has 0 bridgehead atoms. The number of hydrogen-bond donors (Lipinski definition) is 1. The number of hydrogen-bond acceptors (Lipinski definition) is 4. The lowest BCUT2D eigenvalue weighted by Crippen LogP contribution is -2.24. The van der Waals surface area contributed by atoms with Crippen molar-refractivity contribution in [2.24, 2.45) is 0 Å². The Kier molecular flexibility index (Phi) is 5.71. The Morgan fingerprint density at radius 1 is 1.00 bits per heavy atom. The van der Waals surface area contributed by atoms with Crippen molar-refractivity contribution in [2.75, 3.05) is 14.1 Å². The van der Waals surface area contributed by atoms with Crippen molar-refractivity contribution in [1.82, 2.24) is 20.2 Å². The van der Waals surface area contributed by atoms with Crippen LogP contribution in [0.2, 0.25) is 0 Å². The lowest BCUT2D eigenvalue weighted by atomic mass is 10.0. The second-order valence-corrected chi connectivity index (χ2v) is 6.38. The Hall–Kier alpha value is -3.05. The monoisotopic (exact) mass is 346 g/mol. The zero-order valence-electron chi connectivity index (χ0n) is 15.0. The predicted molar refractivity (Wildman–Crippen MR) is 102 cm³/mol. The van der Waals surface area contributed by atoms with Gasteiger partial charge in [-0.3, -0.25) is 14.8 Å². The fraction of sp³-hybridized carbons (Fsp3) is 0.190. The molecule has 1 N–H and O–H groups in total. The molecule has 0 radical (unpaired) electrons. The number of nitrogens with zero attached hydrogens (tertiary/aromatic N) is 3. The molecule has 0 fully saturated rings. The Bertz CT molecular complexity index is 878. The summed E-state index contributed by atoms with van der Waals surface area (Å²) >= 11 is 0. The molecule has 3 aromatic rings. The summed E-state index contributed by atoms with van der Waals surface area (Å²) in [5, 5.41) is 2.93. The number of carbonyl (C=O) groups excluding carboxylic acids is 1. The molecule has 0 spiro atoms. The highest BCUT2D eigenvalue weighted by Gasteiger charge is 2.14. The molecule has 3 rings (SSSR count). The van der Waals surface area contributed by atoms with Crippen LogP contribution in [0.1, 0.15) is 21.6 Å². The number of pyridine rings is 2. The topological polar surface area (TPSA) is 58.1 Å². The first kappa shape index (κ1) is 17.8. The lowest BCUT2D eigenvalue weighted by Gasteiger charge is -2.13. The standard InChI is InChI=1S/C21H22N4O/c1-25(2)15-17-5-3-6-18(13-17)19-7-4-10-23-20(19)21(26)24-14-16-8-11-22-12-9-16/h3-13H,14-15H2,1-2H3,(H,24,26). The molecule has 0 aliphatic rings. The fourth-order valence-electron chi connectivity index (χ4n) is 2.79. The molecule has 0 saturated carbocycles. The number of nitrogens with one attached hydrogen (secondary N) is 1. The van der Waals surface area contributed by atoms with Gasteiger partial charge < -0.3 is 10.2 Å². The summed E-state index contributed by atoms with van der Waals surface area (Å²) in [4.78, 5) is 23.1. The van der Waals surface area contributed by atoms with E-state index in [0.29, 0.717) is 12.2 Å². The average Bonchev–Trinajstić information content (AvgIpc) is 2.66. The highest BCUT2D eigenvalue weighted by Crippen LogP contribution is 2.23. The van der Waals surface area contributed by atoms with Crippen molar-refractivity contribution < 1.29 is 4.79 Å². The van der Waals surface area contributed by atoms with Crippen LogP contribution in [0.3, 0.4) is 0 Å². The molecule has 132 valence electrons. The van der Waals surface area contributed by atoms with Crippen LogP contribution in [-0.2, 0) is 13.1 Å². The predicted octanol–water partition coefficient (Wildman–Crippen LogP) is 3.14. The van der Waals surface area contributed by atoms with Gasteiger partial charge in [0.05, 0.1) is 0 Å².